The molecular weight excluding hydrogens is 829 g/mol. The molecule has 2 N–H and O–H groups in total. The Labute approximate surface area is 351 Å². The molecule has 0 radical (unpaired) electrons. The molecule has 2 fully saturated rings. The molecule has 4 aromatic rings. The third-order valence-corrected chi connectivity index (χ3v) is 10.8. The number of aryl methyl sites for hydroxylation is 1. The number of ether oxygens (including phenoxy) is 2. The second-order valence-corrected chi connectivity index (χ2v) is 15.1. The highest BCUT2D eigenvalue weighted by Gasteiger charge is 2.36. The number of nitrogens with two attached hydrogens (primary N) is 1. The Morgan fingerprint density at radius 1 is 0.871 bits per heavy atom. The summed E-state index contributed by atoms with van der Waals surface area (Å²) >= 11 is 0. The minimum absolute atomic E-state index is 0.0135. The summed E-state index contributed by atoms with van der Waals surface area (Å²) in [5, 5.41) is 9.65. The van der Waals surface area contributed by atoms with Gasteiger partial charge in [0.05, 0.1) is 34.1 Å². The van der Waals surface area contributed by atoms with Crippen LogP contribution in [0.15, 0.2) is 67.1 Å². The highest BCUT2D eigenvalue weighted by Crippen LogP contribution is 2.34. The van der Waals surface area contributed by atoms with Gasteiger partial charge >= 0.3 is 24.5 Å². The zero-order valence-corrected chi connectivity index (χ0v) is 33.5. The lowest BCUT2D eigenvalue weighted by Gasteiger charge is -2.41. The fourth-order valence-corrected chi connectivity index (χ4v) is 7.60. The van der Waals surface area contributed by atoms with E-state index in [0.29, 0.717) is 24.7 Å². The minimum Gasteiger partial charge on any atom is -0.409 e. The van der Waals surface area contributed by atoms with E-state index in [0.717, 1.165) is 18.2 Å². The molecule has 2 aromatic heterocycles. The summed E-state index contributed by atoms with van der Waals surface area (Å²) in [7, 11) is 0. The summed E-state index contributed by atoms with van der Waals surface area (Å²) in [6.45, 7) is 4.45. The molecule has 2 atom stereocenters. The molecule has 2 saturated heterocycles. The maximum absolute atomic E-state index is 14.3. The van der Waals surface area contributed by atoms with Gasteiger partial charge in [0.1, 0.15) is 11.9 Å². The fraction of sp³-hybridized carbons (Fsp3) is 0.381. The van der Waals surface area contributed by atoms with Gasteiger partial charge < -0.3 is 25.0 Å². The van der Waals surface area contributed by atoms with Crippen LogP contribution in [-0.2, 0) is 31.9 Å². The maximum Gasteiger partial charge on any atom is 0.416 e. The number of aromatic nitrogens is 2. The molecule has 0 aliphatic carbocycles. The first-order valence-corrected chi connectivity index (χ1v) is 19.4. The van der Waals surface area contributed by atoms with Crippen molar-refractivity contribution < 1.29 is 54.6 Å². The molecule has 3 amide bonds. The van der Waals surface area contributed by atoms with Crippen molar-refractivity contribution in [2.45, 2.75) is 64.2 Å². The fourth-order valence-electron chi connectivity index (χ4n) is 7.60. The van der Waals surface area contributed by atoms with Gasteiger partial charge in [0.2, 0.25) is 5.91 Å². The Balaban J connectivity index is 1.17. The van der Waals surface area contributed by atoms with Crippen molar-refractivity contribution in [3.05, 3.63) is 118 Å². The van der Waals surface area contributed by atoms with Gasteiger partial charge in [0.25, 0.3) is 0 Å². The number of carbonyl (C=O) groups is 3. The standard InChI is InChI=1S/C42H41F7N8O5/c1-25-21-54(23-29-4-3-5-35(26(29)2)42(47,48)49)8-10-56(25)39(59)62-37-14-28(17-50)18-53-36(37)7-6-33-24-55(22-27-12-31(41(44,45)46)16-32(43)13-27)9-11-57(33)40(60)61-34-15-30(38(51)58)19-52-20-34/h3-5,12-16,18-20,25,33H,6-11,21-24H2,1-2H3,(H2,51,58)/t25-,33-/m1/s1. The summed E-state index contributed by atoms with van der Waals surface area (Å²) in [6.07, 6.45) is -6.98. The Kier molecular flexibility index (Phi) is 13.7. The van der Waals surface area contributed by atoms with Gasteiger partial charge in [-0.05, 0) is 73.7 Å². The summed E-state index contributed by atoms with van der Waals surface area (Å²) in [5.41, 5.74) is 4.51. The topological polar surface area (TPSA) is 158 Å². The molecule has 0 bridgehead atoms. The average Bonchev–Trinajstić information content (AvgIpc) is 3.20. The van der Waals surface area contributed by atoms with Crippen LogP contribution in [0, 0.1) is 24.1 Å². The van der Waals surface area contributed by atoms with E-state index in [1.165, 1.54) is 53.5 Å². The second kappa shape index (κ2) is 18.7. The molecule has 4 heterocycles. The van der Waals surface area contributed by atoms with Gasteiger partial charge in [0.15, 0.2) is 11.5 Å². The SMILES string of the molecule is Cc1c(CN2CCN(C(=O)Oc3cc(C#N)cnc3CC[C@@H]3CN(Cc4cc(F)cc(C(F)(F)F)c4)CCN3C(=O)Oc3cncc(C(N)=O)c3)[C@H](C)C2)cccc1C(F)(F)F. The molecule has 0 spiro atoms. The Morgan fingerprint density at radius 3 is 2.26 bits per heavy atom. The van der Waals surface area contributed by atoms with E-state index >= 15 is 0 Å². The van der Waals surface area contributed by atoms with Crippen LogP contribution in [0.5, 0.6) is 11.5 Å². The van der Waals surface area contributed by atoms with E-state index < -0.39 is 59.5 Å². The summed E-state index contributed by atoms with van der Waals surface area (Å²) < 4.78 is 107. The third-order valence-electron chi connectivity index (χ3n) is 10.8. The van der Waals surface area contributed by atoms with Crippen molar-refractivity contribution in [2.75, 3.05) is 39.3 Å². The Morgan fingerprint density at radius 2 is 1.58 bits per heavy atom. The molecule has 2 aliphatic rings. The van der Waals surface area contributed by atoms with E-state index in [9.17, 15) is 50.4 Å². The Bertz CT molecular complexity index is 2360. The highest BCUT2D eigenvalue weighted by atomic mass is 19.4. The van der Waals surface area contributed by atoms with Gasteiger partial charge in [-0.15, -0.1) is 0 Å². The number of alkyl halides is 6. The first-order chi connectivity index (χ1) is 29.3. The molecule has 6 rings (SSSR count). The van der Waals surface area contributed by atoms with Crippen LogP contribution in [-0.4, -0.2) is 99.0 Å². The molecular formula is C42H41F7N8O5. The lowest BCUT2D eigenvalue weighted by atomic mass is 10.0. The van der Waals surface area contributed by atoms with Crippen LogP contribution < -0.4 is 15.2 Å². The largest absolute Gasteiger partial charge is 0.416 e. The zero-order valence-electron chi connectivity index (χ0n) is 33.5. The molecule has 328 valence electrons. The van der Waals surface area contributed by atoms with Crippen LogP contribution in [0.3, 0.4) is 0 Å². The van der Waals surface area contributed by atoms with Crippen molar-refractivity contribution >= 4 is 18.1 Å². The smallest absolute Gasteiger partial charge is 0.409 e. The van der Waals surface area contributed by atoms with Gasteiger partial charge in [0, 0.05) is 82.9 Å². The number of primary amides is 1. The number of hydrogen-bond acceptors (Lipinski definition) is 10. The number of benzene rings is 2. The molecule has 0 saturated carbocycles. The lowest BCUT2D eigenvalue weighted by Crippen LogP contribution is -2.55. The number of halogens is 7. The molecule has 2 aromatic carbocycles. The minimum atomic E-state index is -4.78. The summed E-state index contributed by atoms with van der Waals surface area (Å²) in [5.74, 6) is -1.97. The molecule has 62 heavy (non-hydrogen) atoms. The van der Waals surface area contributed by atoms with Crippen molar-refractivity contribution in [1.82, 2.24) is 29.6 Å². The zero-order chi connectivity index (χ0) is 44.9. The number of nitriles is 1. The number of piperazine rings is 2. The summed E-state index contributed by atoms with van der Waals surface area (Å²) in [6, 6.07) is 9.72. The lowest BCUT2D eigenvalue weighted by molar-refractivity contribution is -0.138. The number of hydrogen-bond donors (Lipinski definition) is 1. The van der Waals surface area contributed by atoms with Crippen LogP contribution >= 0.6 is 0 Å². The quantitative estimate of drug-likeness (QED) is 0.165. The van der Waals surface area contributed by atoms with Crippen molar-refractivity contribution in [3.63, 3.8) is 0 Å². The van der Waals surface area contributed by atoms with Crippen LogP contribution in [0.4, 0.5) is 40.3 Å². The normalized spacial score (nSPS) is 17.7. The van der Waals surface area contributed by atoms with E-state index in [1.54, 1.807) is 17.9 Å². The van der Waals surface area contributed by atoms with E-state index in [2.05, 4.69) is 9.97 Å². The first kappa shape index (κ1) is 45.2. The van der Waals surface area contributed by atoms with Gasteiger partial charge in [-0.3, -0.25) is 24.6 Å². The number of carbonyl (C=O) groups excluding carboxylic acids is 3. The van der Waals surface area contributed by atoms with E-state index in [1.807, 2.05) is 11.0 Å². The number of amides is 3. The van der Waals surface area contributed by atoms with Gasteiger partial charge in [-0.25, -0.2) is 14.0 Å². The average molecular weight is 871 g/mol. The second-order valence-electron chi connectivity index (χ2n) is 15.1. The molecule has 20 heteroatoms. The van der Waals surface area contributed by atoms with Crippen molar-refractivity contribution in [3.8, 4) is 17.6 Å². The Hall–Kier alpha value is -6.33. The number of rotatable bonds is 10. The van der Waals surface area contributed by atoms with Crippen molar-refractivity contribution in [1.29, 1.82) is 5.26 Å². The molecule has 2 aliphatic heterocycles. The monoisotopic (exact) mass is 870 g/mol. The highest BCUT2D eigenvalue weighted by molar-refractivity contribution is 5.92. The first-order valence-electron chi connectivity index (χ1n) is 19.4. The van der Waals surface area contributed by atoms with Crippen LogP contribution in [0.1, 0.15) is 62.8 Å². The van der Waals surface area contributed by atoms with Crippen LogP contribution in [0.2, 0.25) is 0 Å². The molecule has 13 nitrogen and oxygen atoms in total. The number of nitrogens with zero attached hydrogens (tertiary/aromatic N) is 7. The van der Waals surface area contributed by atoms with Crippen molar-refractivity contribution in [2.24, 2.45) is 5.73 Å². The molecule has 0 unspecified atom stereocenters. The summed E-state index contributed by atoms with van der Waals surface area (Å²) in [4.78, 5) is 53.8. The van der Waals surface area contributed by atoms with Gasteiger partial charge in [-0.1, -0.05) is 12.1 Å². The maximum atomic E-state index is 14.3. The number of pyridine rings is 2. The van der Waals surface area contributed by atoms with E-state index in [-0.39, 0.29) is 91.6 Å². The van der Waals surface area contributed by atoms with E-state index in [4.69, 9.17) is 15.2 Å². The van der Waals surface area contributed by atoms with Crippen LogP contribution in [0.25, 0.3) is 0 Å². The predicted octanol–water partition coefficient (Wildman–Crippen LogP) is 6.96. The predicted molar refractivity (Wildman–Crippen MR) is 207 cm³/mol. The third kappa shape index (κ3) is 11.1. The van der Waals surface area contributed by atoms with Gasteiger partial charge in [-0.2, -0.15) is 31.6 Å².